The topological polar surface area (TPSA) is 42.0 Å². The fourth-order valence-corrected chi connectivity index (χ4v) is 2.20. The van der Waals surface area contributed by atoms with Gasteiger partial charge in [0.2, 0.25) is 0 Å². The van der Waals surface area contributed by atoms with E-state index in [1.165, 1.54) is 0 Å². The lowest BCUT2D eigenvalue weighted by Gasteiger charge is -2.08. The standard InChI is InChI=1S/C14H12BrClN2O/c1-8-3-5-11(9(2)17-8)14(19)18-10-4-6-13(16)12(15)7-10/h3-7H,1-2H3,(H,18,19). The quantitative estimate of drug-likeness (QED) is 0.883. The van der Waals surface area contributed by atoms with E-state index in [2.05, 4.69) is 26.2 Å². The molecule has 2 rings (SSSR count). The summed E-state index contributed by atoms with van der Waals surface area (Å²) in [5.74, 6) is -0.181. The van der Waals surface area contributed by atoms with Gasteiger partial charge in [-0.1, -0.05) is 11.6 Å². The smallest absolute Gasteiger partial charge is 0.257 e. The summed E-state index contributed by atoms with van der Waals surface area (Å²) >= 11 is 9.23. The predicted octanol–water partition coefficient (Wildman–Crippen LogP) is 4.37. The van der Waals surface area contributed by atoms with Gasteiger partial charge >= 0.3 is 0 Å². The number of aromatic nitrogens is 1. The fraction of sp³-hybridized carbons (Fsp3) is 0.143. The number of nitrogens with one attached hydrogen (secondary N) is 1. The summed E-state index contributed by atoms with van der Waals surface area (Å²) < 4.78 is 0.741. The van der Waals surface area contributed by atoms with E-state index in [-0.39, 0.29) is 5.91 Å². The molecular formula is C14H12BrClN2O. The normalized spacial score (nSPS) is 10.3. The van der Waals surface area contributed by atoms with Crippen LogP contribution in [0.1, 0.15) is 21.7 Å². The lowest BCUT2D eigenvalue weighted by molar-refractivity contribution is 0.102. The van der Waals surface area contributed by atoms with Crippen molar-refractivity contribution in [3.05, 3.63) is 56.8 Å². The van der Waals surface area contributed by atoms with Gasteiger partial charge in [-0.2, -0.15) is 0 Å². The van der Waals surface area contributed by atoms with E-state index in [1.54, 1.807) is 24.3 Å². The first kappa shape index (κ1) is 14.0. The number of rotatable bonds is 2. The number of nitrogens with zero attached hydrogens (tertiary/aromatic N) is 1. The van der Waals surface area contributed by atoms with E-state index in [1.807, 2.05) is 19.9 Å². The highest BCUT2D eigenvalue weighted by atomic mass is 79.9. The molecule has 19 heavy (non-hydrogen) atoms. The van der Waals surface area contributed by atoms with Crippen molar-refractivity contribution in [3.63, 3.8) is 0 Å². The number of carbonyl (C=O) groups is 1. The maximum Gasteiger partial charge on any atom is 0.257 e. The second-order valence-electron chi connectivity index (χ2n) is 4.17. The summed E-state index contributed by atoms with van der Waals surface area (Å²) in [5, 5.41) is 3.42. The van der Waals surface area contributed by atoms with Crippen LogP contribution in [0.2, 0.25) is 5.02 Å². The number of halogens is 2. The minimum absolute atomic E-state index is 0.181. The van der Waals surface area contributed by atoms with Gasteiger partial charge in [-0.3, -0.25) is 9.78 Å². The van der Waals surface area contributed by atoms with Crippen molar-refractivity contribution in [1.29, 1.82) is 0 Å². The zero-order chi connectivity index (χ0) is 14.0. The van der Waals surface area contributed by atoms with E-state index in [0.29, 0.717) is 22.0 Å². The number of aryl methyl sites for hydroxylation is 2. The lowest BCUT2D eigenvalue weighted by Crippen LogP contribution is -2.14. The van der Waals surface area contributed by atoms with Crippen LogP contribution in [-0.4, -0.2) is 10.9 Å². The molecule has 0 aliphatic rings. The molecule has 1 amide bonds. The van der Waals surface area contributed by atoms with Crippen molar-refractivity contribution in [2.45, 2.75) is 13.8 Å². The highest BCUT2D eigenvalue weighted by Crippen LogP contribution is 2.25. The molecule has 0 radical (unpaired) electrons. The number of amides is 1. The molecule has 0 saturated heterocycles. The van der Waals surface area contributed by atoms with E-state index in [4.69, 9.17) is 11.6 Å². The molecule has 0 bridgehead atoms. The van der Waals surface area contributed by atoms with E-state index in [9.17, 15) is 4.79 Å². The fourth-order valence-electron chi connectivity index (χ4n) is 1.70. The van der Waals surface area contributed by atoms with Crippen molar-refractivity contribution in [2.75, 3.05) is 5.32 Å². The van der Waals surface area contributed by atoms with Gasteiger partial charge in [-0.05, 0) is 60.1 Å². The zero-order valence-corrected chi connectivity index (χ0v) is 12.8. The van der Waals surface area contributed by atoms with Gasteiger partial charge in [0.1, 0.15) is 0 Å². The zero-order valence-electron chi connectivity index (χ0n) is 10.5. The molecule has 0 saturated carbocycles. The van der Waals surface area contributed by atoms with Crippen LogP contribution >= 0.6 is 27.5 Å². The van der Waals surface area contributed by atoms with E-state index in [0.717, 1.165) is 10.2 Å². The van der Waals surface area contributed by atoms with Gasteiger partial charge in [0.15, 0.2) is 0 Å². The second kappa shape index (κ2) is 5.72. The maximum atomic E-state index is 12.1. The molecule has 0 spiro atoms. The number of carbonyl (C=O) groups excluding carboxylic acids is 1. The van der Waals surface area contributed by atoms with Crippen LogP contribution in [0.15, 0.2) is 34.8 Å². The summed E-state index contributed by atoms with van der Waals surface area (Å²) in [5.41, 5.74) is 2.85. The SMILES string of the molecule is Cc1ccc(C(=O)Nc2ccc(Cl)c(Br)c2)c(C)n1. The molecule has 1 N–H and O–H groups in total. The summed E-state index contributed by atoms with van der Waals surface area (Å²) in [6.07, 6.45) is 0. The van der Waals surface area contributed by atoms with Crippen molar-refractivity contribution < 1.29 is 4.79 Å². The Bertz CT molecular complexity index is 643. The molecule has 3 nitrogen and oxygen atoms in total. The molecular weight excluding hydrogens is 328 g/mol. The number of anilines is 1. The molecule has 0 unspecified atom stereocenters. The molecule has 98 valence electrons. The molecule has 5 heteroatoms. The summed E-state index contributed by atoms with van der Waals surface area (Å²) in [4.78, 5) is 16.4. The average Bonchev–Trinajstić information content (AvgIpc) is 2.33. The minimum atomic E-state index is -0.181. The van der Waals surface area contributed by atoms with Crippen LogP contribution < -0.4 is 5.32 Å². The Morgan fingerprint density at radius 2 is 2.00 bits per heavy atom. The lowest BCUT2D eigenvalue weighted by atomic mass is 10.1. The van der Waals surface area contributed by atoms with Crippen LogP contribution in [-0.2, 0) is 0 Å². The van der Waals surface area contributed by atoms with Gasteiger partial charge < -0.3 is 5.32 Å². The highest BCUT2D eigenvalue weighted by Gasteiger charge is 2.10. The first-order valence-electron chi connectivity index (χ1n) is 5.68. The monoisotopic (exact) mass is 338 g/mol. The number of pyridine rings is 1. The molecule has 0 aliphatic carbocycles. The first-order chi connectivity index (χ1) is 8.97. The van der Waals surface area contributed by atoms with Gasteiger partial charge in [0, 0.05) is 15.9 Å². The Balaban J connectivity index is 2.23. The third-order valence-corrected chi connectivity index (χ3v) is 3.86. The Labute approximate surface area is 125 Å². The number of hydrogen-bond acceptors (Lipinski definition) is 2. The average molecular weight is 340 g/mol. The van der Waals surface area contributed by atoms with Crippen LogP contribution in [0.25, 0.3) is 0 Å². The third kappa shape index (κ3) is 3.33. The molecule has 1 aromatic carbocycles. The minimum Gasteiger partial charge on any atom is -0.322 e. The second-order valence-corrected chi connectivity index (χ2v) is 5.43. The van der Waals surface area contributed by atoms with E-state index < -0.39 is 0 Å². The van der Waals surface area contributed by atoms with Crippen LogP contribution in [0.5, 0.6) is 0 Å². The molecule has 1 aromatic heterocycles. The summed E-state index contributed by atoms with van der Waals surface area (Å²) in [6.45, 7) is 3.71. The van der Waals surface area contributed by atoms with Crippen LogP contribution in [0, 0.1) is 13.8 Å². The third-order valence-electron chi connectivity index (χ3n) is 2.65. The Kier molecular flexibility index (Phi) is 4.22. The number of benzene rings is 1. The Morgan fingerprint density at radius 3 is 2.63 bits per heavy atom. The Hall–Kier alpha value is -1.39. The molecule has 0 fully saturated rings. The van der Waals surface area contributed by atoms with Gasteiger partial charge in [0.25, 0.3) is 5.91 Å². The predicted molar refractivity (Wildman–Crippen MR) is 80.8 cm³/mol. The van der Waals surface area contributed by atoms with Gasteiger partial charge in [-0.25, -0.2) is 0 Å². The summed E-state index contributed by atoms with van der Waals surface area (Å²) in [6, 6.07) is 8.83. The maximum absolute atomic E-state index is 12.1. The number of hydrogen-bond donors (Lipinski definition) is 1. The van der Waals surface area contributed by atoms with Crippen LogP contribution in [0.3, 0.4) is 0 Å². The highest BCUT2D eigenvalue weighted by molar-refractivity contribution is 9.10. The molecule has 0 aliphatic heterocycles. The van der Waals surface area contributed by atoms with Crippen molar-refractivity contribution in [1.82, 2.24) is 4.98 Å². The Morgan fingerprint density at radius 1 is 1.26 bits per heavy atom. The summed E-state index contributed by atoms with van der Waals surface area (Å²) in [7, 11) is 0. The van der Waals surface area contributed by atoms with E-state index >= 15 is 0 Å². The molecule has 2 aromatic rings. The molecule has 0 atom stereocenters. The largest absolute Gasteiger partial charge is 0.322 e. The molecule has 1 heterocycles. The van der Waals surface area contributed by atoms with Crippen molar-refractivity contribution in [2.24, 2.45) is 0 Å². The van der Waals surface area contributed by atoms with Crippen molar-refractivity contribution >= 4 is 39.1 Å². The van der Waals surface area contributed by atoms with Crippen LogP contribution in [0.4, 0.5) is 5.69 Å². The van der Waals surface area contributed by atoms with Gasteiger partial charge in [-0.15, -0.1) is 0 Å². The van der Waals surface area contributed by atoms with Gasteiger partial charge in [0.05, 0.1) is 16.3 Å². The first-order valence-corrected chi connectivity index (χ1v) is 6.85. The van der Waals surface area contributed by atoms with Crippen molar-refractivity contribution in [3.8, 4) is 0 Å².